The molecule has 8 rings (SSSR count). The normalized spacial score (nSPS) is 18.0. The van der Waals surface area contributed by atoms with Gasteiger partial charge in [-0.1, -0.05) is 0 Å². The number of benzene rings is 6. The molecule has 0 fully saturated rings. The van der Waals surface area contributed by atoms with Crippen LogP contribution >= 0.6 is 0 Å². The molecule has 0 heterocycles. The monoisotopic (exact) mass is 675 g/mol. The average molecular weight is 676 g/mol. The topological polar surface area (TPSA) is 0 Å². The molecule has 0 radical (unpaired) electrons. The van der Waals surface area contributed by atoms with Gasteiger partial charge < -0.3 is 0 Å². The Balaban J connectivity index is 1.35. The van der Waals surface area contributed by atoms with Crippen molar-refractivity contribution >= 4 is 40.4 Å². The van der Waals surface area contributed by atoms with Crippen LogP contribution in [0.3, 0.4) is 0 Å². The maximum atomic E-state index is 2.88. The van der Waals surface area contributed by atoms with Gasteiger partial charge in [0, 0.05) is 0 Å². The van der Waals surface area contributed by atoms with E-state index in [1.54, 1.807) is 22.3 Å². The summed E-state index contributed by atoms with van der Waals surface area (Å²) in [5.74, 6) is 0. The Morgan fingerprint density at radius 3 is 1.27 bits per heavy atom. The third-order valence-electron chi connectivity index (χ3n) is 12.9. The summed E-state index contributed by atoms with van der Waals surface area (Å²) >= 11 is -3.50. The average Bonchev–Trinajstić information content (AvgIpc) is 3.71. The molecule has 6 aromatic carbocycles. The molecule has 2 heteroatoms. The summed E-state index contributed by atoms with van der Waals surface area (Å²) in [6.45, 7) is 9.04. The van der Waals surface area contributed by atoms with Crippen LogP contribution in [0.5, 0.6) is 0 Å². The molecule has 0 aromatic heterocycles. The Labute approximate surface area is 288 Å². The van der Waals surface area contributed by atoms with Gasteiger partial charge in [-0.15, -0.1) is 0 Å². The molecule has 0 bridgehead atoms. The van der Waals surface area contributed by atoms with E-state index in [-0.39, 0.29) is 0 Å². The van der Waals surface area contributed by atoms with Gasteiger partial charge in [-0.2, -0.15) is 0 Å². The molecule has 239 valence electrons. The third-order valence-corrected chi connectivity index (χ3v) is 44.2. The summed E-state index contributed by atoms with van der Waals surface area (Å²) in [6, 6.07) is 45.9. The van der Waals surface area contributed by atoms with Gasteiger partial charge in [0.1, 0.15) is 0 Å². The van der Waals surface area contributed by atoms with E-state index in [1.165, 1.54) is 54.9 Å². The molecule has 2 atom stereocenters. The van der Waals surface area contributed by atoms with Gasteiger partial charge in [0.15, 0.2) is 0 Å². The van der Waals surface area contributed by atoms with E-state index in [2.05, 4.69) is 171 Å². The van der Waals surface area contributed by atoms with Gasteiger partial charge in [-0.3, -0.25) is 0 Å². The Kier molecular flexibility index (Phi) is 7.68. The van der Waals surface area contributed by atoms with Crippen molar-refractivity contribution in [3.63, 3.8) is 0 Å². The van der Waals surface area contributed by atoms with Crippen LogP contribution in [-0.2, 0) is 14.6 Å². The van der Waals surface area contributed by atoms with Crippen molar-refractivity contribution in [2.75, 3.05) is 0 Å². The molecule has 2 aliphatic rings. The van der Waals surface area contributed by atoms with Gasteiger partial charge in [-0.25, -0.2) is 0 Å². The molecule has 0 nitrogen and oxygen atoms in total. The quantitative estimate of drug-likeness (QED) is 0.148. The number of allylic oxidation sites excluding steroid dienone is 2. The molecule has 2 unspecified atom stereocenters. The summed E-state index contributed by atoms with van der Waals surface area (Å²) < 4.78 is 1.08. The second kappa shape index (κ2) is 11.7. The van der Waals surface area contributed by atoms with Gasteiger partial charge >= 0.3 is 291 Å². The fraction of sp³-hybridized carbons (Fsp3) is 0.217. The molecule has 0 N–H and O–H groups in total. The number of rotatable bonds is 7. The molecule has 0 saturated heterocycles. The SMILES string of the molecule is CCC1=Cc2c(-c3cccc4ccccc34)cccc2[CH]1[Ti]([CH3])([CH3])([CH]1C(CC)=Cc2c(-c3cccc4ccccc34)cccc21)[SiH](C)C. The second-order valence-corrected chi connectivity index (χ2v) is 41.1. The number of hydrogen-bond acceptors (Lipinski definition) is 0. The molecule has 0 saturated carbocycles. The first-order valence-corrected chi connectivity index (χ1v) is 28.6. The first kappa shape index (κ1) is 31.5. The van der Waals surface area contributed by atoms with Crippen LogP contribution in [0.15, 0.2) is 132 Å². The van der Waals surface area contributed by atoms with E-state index >= 15 is 0 Å². The van der Waals surface area contributed by atoms with Crippen molar-refractivity contribution < 1.29 is 14.6 Å². The van der Waals surface area contributed by atoms with E-state index in [0.717, 1.165) is 12.8 Å². The van der Waals surface area contributed by atoms with Crippen molar-refractivity contribution in [2.24, 2.45) is 0 Å². The van der Waals surface area contributed by atoms with E-state index in [1.807, 2.05) is 0 Å². The number of hydrogen-bond donors (Lipinski definition) is 0. The molecule has 48 heavy (non-hydrogen) atoms. The van der Waals surface area contributed by atoms with Crippen LogP contribution in [0.4, 0.5) is 0 Å². The van der Waals surface area contributed by atoms with E-state index in [0.29, 0.717) is 8.45 Å². The zero-order chi connectivity index (χ0) is 33.2. The molecule has 0 amide bonds. The fourth-order valence-electron chi connectivity index (χ4n) is 9.92. The van der Waals surface area contributed by atoms with Gasteiger partial charge in [0.05, 0.1) is 0 Å². The van der Waals surface area contributed by atoms with Crippen LogP contribution in [0.2, 0.25) is 23.6 Å². The fourth-order valence-corrected chi connectivity index (χ4v) is 29.7. The van der Waals surface area contributed by atoms with Crippen LogP contribution in [-0.4, -0.2) is 6.66 Å². The van der Waals surface area contributed by atoms with Crippen LogP contribution in [0.25, 0.3) is 56.0 Å². The van der Waals surface area contributed by atoms with Gasteiger partial charge in [0.2, 0.25) is 0 Å². The Morgan fingerprint density at radius 1 is 0.479 bits per heavy atom. The predicted octanol–water partition coefficient (Wildman–Crippen LogP) is 13.5. The molecule has 2 aliphatic carbocycles. The zero-order valence-corrected chi connectivity index (χ0v) is 32.1. The zero-order valence-electron chi connectivity index (χ0n) is 29.3. The first-order valence-electron chi connectivity index (χ1n) is 18.1. The third kappa shape index (κ3) is 4.51. The van der Waals surface area contributed by atoms with Crippen LogP contribution in [0.1, 0.15) is 57.4 Å². The minimum absolute atomic E-state index is 0.538. The summed E-state index contributed by atoms with van der Waals surface area (Å²) in [5.41, 5.74) is 15.0. The molecular formula is C46H47SiTi. The van der Waals surface area contributed by atoms with E-state index < -0.39 is 21.2 Å². The Morgan fingerprint density at radius 2 is 0.854 bits per heavy atom. The summed E-state index contributed by atoms with van der Waals surface area (Å²) in [4.78, 5) is 0. The summed E-state index contributed by atoms with van der Waals surface area (Å²) in [5, 5.41) is 11.1. The summed E-state index contributed by atoms with van der Waals surface area (Å²) in [6.07, 6.45) is 7.50. The van der Waals surface area contributed by atoms with E-state index in [9.17, 15) is 0 Å². The van der Waals surface area contributed by atoms with Crippen molar-refractivity contribution in [2.45, 2.75) is 58.7 Å². The summed E-state index contributed by atoms with van der Waals surface area (Å²) in [7, 11) is 0. The first-order chi connectivity index (χ1) is 23.3. The van der Waals surface area contributed by atoms with Gasteiger partial charge in [-0.05, 0) is 0 Å². The van der Waals surface area contributed by atoms with Crippen LogP contribution < -0.4 is 0 Å². The molecular weight excluding hydrogens is 628 g/mol. The van der Waals surface area contributed by atoms with Crippen molar-refractivity contribution in [1.29, 1.82) is 0 Å². The van der Waals surface area contributed by atoms with Gasteiger partial charge in [0.25, 0.3) is 0 Å². The van der Waals surface area contributed by atoms with Crippen molar-refractivity contribution in [1.82, 2.24) is 0 Å². The minimum atomic E-state index is -3.50. The van der Waals surface area contributed by atoms with Crippen LogP contribution in [0, 0.1) is 0 Å². The maximum absolute atomic E-state index is 3.50. The van der Waals surface area contributed by atoms with E-state index in [4.69, 9.17) is 0 Å². The second-order valence-electron chi connectivity index (χ2n) is 15.6. The Bertz CT molecular complexity index is 2130. The Hall–Kier alpha value is -3.75. The molecule has 0 aliphatic heterocycles. The molecule has 6 aromatic rings. The van der Waals surface area contributed by atoms with Crippen molar-refractivity contribution in [3.8, 4) is 22.3 Å². The predicted molar refractivity (Wildman–Crippen MR) is 211 cm³/mol. The van der Waals surface area contributed by atoms with Crippen molar-refractivity contribution in [3.05, 3.63) is 155 Å². The number of fused-ring (bicyclic) bond motifs is 4. The standard InChI is InChI=1S/2C21H17.C2H7Si.2CH3.Ti/c2*1-2-15-13-17-9-6-12-20(21(17)14-15)19-11-5-8-16-7-3-4-10-18(16)19;1-3-2;;;/h2*3-14H,2H2,1H3;3H,1-2H3;2*1H3;. The molecule has 0 spiro atoms.